The molecule has 3 aromatic rings. The van der Waals surface area contributed by atoms with E-state index in [1.807, 2.05) is 6.07 Å². The van der Waals surface area contributed by atoms with Gasteiger partial charge in [-0.25, -0.2) is 4.39 Å². The third-order valence-corrected chi connectivity index (χ3v) is 6.34. The van der Waals surface area contributed by atoms with Crippen molar-refractivity contribution in [2.45, 2.75) is 39.2 Å². The molecule has 0 bridgehead atoms. The average Bonchev–Trinajstić information content (AvgIpc) is 3.26. The van der Waals surface area contributed by atoms with E-state index in [4.69, 9.17) is 4.52 Å². The zero-order valence-corrected chi connectivity index (χ0v) is 19.1. The molecule has 0 saturated carbocycles. The molecule has 0 N–H and O–H groups in total. The quantitative estimate of drug-likeness (QED) is 0.474. The van der Waals surface area contributed by atoms with Crippen LogP contribution in [0.1, 0.15) is 36.3 Å². The van der Waals surface area contributed by atoms with Gasteiger partial charge in [-0.2, -0.15) is 4.98 Å². The topological polar surface area (TPSA) is 45.4 Å². The molecule has 0 amide bonds. The van der Waals surface area contributed by atoms with Crippen LogP contribution in [0.25, 0.3) is 11.4 Å². The number of aryl methyl sites for hydroxylation is 2. The van der Waals surface area contributed by atoms with Crippen LogP contribution in [0.3, 0.4) is 0 Å². The molecule has 2 aromatic carbocycles. The fourth-order valence-electron chi connectivity index (χ4n) is 4.45. The number of benzene rings is 2. The van der Waals surface area contributed by atoms with Gasteiger partial charge in [0.1, 0.15) is 5.82 Å². The van der Waals surface area contributed by atoms with E-state index < -0.39 is 0 Å². The van der Waals surface area contributed by atoms with Crippen molar-refractivity contribution in [3.63, 3.8) is 0 Å². The van der Waals surface area contributed by atoms with Crippen LogP contribution in [0.15, 0.2) is 53.1 Å². The van der Waals surface area contributed by atoms with Crippen LogP contribution in [0.2, 0.25) is 0 Å². The second-order valence-corrected chi connectivity index (χ2v) is 9.05. The van der Waals surface area contributed by atoms with E-state index in [2.05, 4.69) is 57.3 Å². The van der Waals surface area contributed by atoms with E-state index in [0.29, 0.717) is 22.8 Å². The summed E-state index contributed by atoms with van der Waals surface area (Å²) in [4.78, 5) is 9.43. The Kier molecular flexibility index (Phi) is 7.66. The van der Waals surface area contributed by atoms with Crippen molar-refractivity contribution in [2.24, 2.45) is 5.92 Å². The standard InChI is InChI=1S/C26H33FN4O/c1-20-10-11-23(17-24(20)27)26-28-25(32-29-26)9-6-14-31-15-12-22(13-16-31)19-30(2)18-21-7-4-3-5-8-21/h3-5,7-8,10-11,17,22H,6,9,12-16,18-19H2,1-2H3. The van der Waals surface area contributed by atoms with Gasteiger partial charge in [-0.3, -0.25) is 0 Å². The number of likely N-dealkylation sites (tertiary alicyclic amines) is 1. The van der Waals surface area contributed by atoms with E-state index in [-0.39, 0.29) is 5.82 Å². The zero-order valence-electron chi connectivity index (χ0n) is 19.1. The summed E-state index contributed by atoms with van der Waals surface area (Å²) in [5, 5.41) is 4.02. The summed E-state index contributed by atoms with van der Waals surface area (Å²) in [6.07, 6.45) is 4.25. The molecule has 4 rings (SSSR count). The van der Waals surface area contributed by atoms with Crippen molar-refractivity contribution in [1.29, 1.82) is 0 Å². The van der Waals surface area contributed by atoms with Crippen molar-refractivity contribution in [3.05, 3.63) is 71.4 Å². The molecule has 1 aliphatic rings. The summed E-state index contributed by atoms with van der Waals surface area (Å²) in [5.41, 5.74) is 2.65. The van der Waals surface area contributed by atoms with Gasteiger partial charge in [-0.15, -0.1) is 0 Å². The minimum absolute atomic E-state index is 0.247. The Bertz CT molecular complexity index is 983. The molecular weight excluding hydrogens is 403 g/mol. The van der Waals surface area contributed by atoms with Crippen LogP contribution >= 0.6 is 0 Å². The van der Waals surface area contributed by atoms with Gasteiger partial charge in [-0.1, -0.05) is 47.6 Å². The molecule has 0 unspecified atom stereocenters. The minimum atomic E-state index is -0.247. The first-order valence-electron chi connectivity index (χ1n) is 11.6. The molecule has 2 heterocycles. The predicted octanol–water partition coefficient (Wildman–Crippen LogP) is 4.96. The Balaban J connectivity index is 1.16. The molecule has 170 valence electrons. The lowest BCUT2D eigenvalue weighted by Crippen LogP contribution is -2.38. The minimum Gasteiger partial charge on any atom is -0.339 e. The van der Waals surface area contributed by atoms with Gasteiger partial charge >= 0.3 is 0 Å². The molecule has 0 spiro atoms. The maximum atomic E-state index is 13.8. The fourth-order valence-corrected chi connectivity index (χ4v) is 4.45. The average molecular weight is 437 g/mol. The smallest absolute Gasteiger partial charge is 0.227 e. The Labute approximate surface area is 190 Å². The predicted molar refractivity (Wildman–Crippen MR) is 125 cm³/mol. The van der Waals surface area contributed by atoms with Crippen LogP contribution in [-0.4, -0.2) is 53.2 Å². The summed E-state index contributed by atoms with van der Waals surface area (Å²) in [5.74, 6) is 1.61. The summed E-state index contributed by atoms with van der Waals surface area (Å²) >= 11 is 0. The monoisotopic (exact) mass is 436 g/mol. The van der Waals surface area contributed by atoms with E-state index in [1.54, 1.807) is 13.0 Å². The molecule has 1 fully saturated rings. The SMILES string of the molecule is Cc1ccc(-c2noc(CCCN3CCC(CN(C)Cc4ccccc4)CC3)n2)cc1F. The Morgan fingerprint density at radius 3 is 2.66 bits per heavy atom. The van der Waals surface area contributed by atoms with Crippen LogP contribution < -0.4 is 0 Å². The largest absolute Gasteiger partial charge is 0.339 e. The number of hydrogen-bond acceptors (Lipinski definition) is 5. The highest BCUT2D eigenvalue weighted by molar-refractivity contribution is 5.54. The Morgan fingerprint density at radius 1 is 1.12 bits per heavy atom. The molecule has 0 atom stereocenters. The first kappa shape index (κ1) is 22.6. The third-order valence-electron chi connectivity index (χ3n) is 6.34. The molecule has 0 radical (unpaired) electrons. The van der Waals surface area contributed by atoms with E-state index >= 15 is 0 Å². The first-order chi connectivity index (χ1) is 15.6. The fraction of sp³-hybridized carbons (Fsp3) is 0.462. The summed E-state index contributed by atoms with van der Waals surface area (Å²) in [6, 6.07) is 15.7. The zero-order chi connectivity index (χ0) is 22.3. The highest BCUT2D eigenvalue weighted by Gasteiger charge is 2.20. The highest BCUT2D eigenvalue weighted by Crippen LogP contribution is 2.21. The van der Waals surface area contributed by atoms with Crippen LogP contribution in [0.5, 0.6) is 0 Å². The van der Waals surface area contributed by atoms with E-state index in [1.165, 1.54) is 24.5 Å². The first-order valence-corrected chi connectivity index (χ1v) is 11.6. The number of piperidine rings is 1. The number of nitrogens with zero attached hydrogens (tertiary/aromatic N) is 4. The van der Waals surface area contributed by atoms with Gasteiger partial charge in [0.25, 0.3) is 0 Å². The molecule has 5 nitrogen and oxygen atoms in total. The van der Waals surface area contributed by atoms with Gasteiger partial charge in [0.05, 0.1) is 0 Å². The highest BCUT2D eigenvalue weighted by atomic mass is 19.1. The van der Waals surface area contributed by atoms with Crippen LogP contribution in [-0.2, 0) is 13.0 Å². The molecule has 1 aromatic heterocycles. The molecule has 1 saturated heterocycles. The van der Waals surface area contributed by atoms with Crippen molar-refractivity contribution < 1.29 is 8.91 Å². The van der Waals surface area contributed by atoms with E-state index in [9.17, 15) is 4.39 Å². The summed E-state index contributed by atoms with van der Waals surface area (Å²) in [6.45, 7) is 7.27. The maximum Gasteiger partial charge on any atom is 0.227 e. The van der Waals surface area contributed by atoms with Gasteiger partial charge in [0.15, 0.2) is 0 Å². The van der Waals surface area contributed by atoms with Gasteiger partial charge in [0.2, 0.25) is 11.7 Å². The van der Waals surface area contributed by atoms with Crippen LogP contribution in [0.4, 0.5) is 4.39 Å². The number of rotatable bonds is 9. The van der Waals surface area contributed by atoms with Crippen molar-refractivity contribution in [2.75, 3.05) is 33.2 Å². The van der Waals surface area contributed by atoms with Crippen molar-refractivity contribution in [3.8, 4) is 11.4 Å². The van der Waals surface area contributed by atoms with Gasteiger partial charge < -0.3 is 14.3 Å². The molecule has 1 aliphatic heterocycles. The molecular formula is C26H33FN4O. The maximum absolute atomic E-state index is 13.8. The number of hydrogen-bond donors (Lipinski definition) is 0. The Hall–Kier alpha value is -2.57. The van der Waals surface area contributed by atoms with Crippen molar-refractivity contribution >= 4 is 0 Å². The van der Waals surface area contributed by atoms with Crippen molar-refractivity contribution in [1.82, 2.24) is 19.9 Å². The lowest BCUT2D eigenvalue weighted by Gasteiger charge is -2.33. The second-order valence-electron chi connectivity index (χ2n) is 9.05. The normalized spacial score (nSPS) is 15.5. The van der Waals surface area contributed by atoms with E-state index in [0.717, 1.165) is 51.5 Å². The van der Waals surface area contributed by atoms with Gasteiger partial charge in [0, 0.05) is 25.1 Å². The Morgan fingerprint density at radius 2 is 1.91 bits per heavy atom. The second kappa shape index (κ2) is 10.8. The summed E-state index contributed by atoms with van der Waals surface area (Å²) in [7, 11) is 2.23. The molecule has 6 heteroatoms. The molecule has 0 aliphatic carbocycles. The lowest BCUT2D eigenvalue weighted by molar-refractivity contribution is 0.150. The van der Waals surface area contributed by atoms with Gasteiger partial charge in [-0.05, 0) is 76.0 Å². The number of aromatic nitrogens is 2. The molecule has 32 heavy (non-hydrogen) atoms. The summed E-state index contributed by atoms with van der Waals surface area (Å²) < 4.78 is 19.2. The van der Waals surface area contributed by atoms with Crippen LogP contribution in [0, 0.1) is 18.7 Å². The third kappa shape index (κ3) is 6.24. The number of halogens is 1. The lowest BCUT2D eigenvalue weighted by atomic mass is 9.96.